The summed E-state index contributed by atoms with van der Waals surface area (Å²) < 4.78 is 10.8. The molecule has 4 rings (SSSR count). The standard InChI is InChI=1S/C19H23NO4/c1-23-15-2-3-16-12(8-15)9-17(24-16)18(22)20-11-13-10-19(13)6-4-14(21)5-7-19/h2-3,8-9,13-14,21H,4-7,10-11H2,1H3,(H,20,22). The zero-order valence-electron chi connectivity index (χ0n) is 13.9. The Balaban J connectivity index is 1.37. The molecule has 0 saturated heterocycles. The maximum Gasteiger partial charge on any atom is 0.287 e. The number of amides is 1. The highest BCUT2D eigenvalue weighted by atomic mass is 16.5. The first-order chi connectivity index (χ1) is 11.6. The summed E-state index contributed by atoms with van der Waals surface area (Å²) in [5, 5.41) is 13.5. The summed E-state index contributed by atoms with van der Waals surface area (Å²) in [6.07, 6.45) is 5.00. The van der Waals surface area contributed by atoms with Crippen LogP contribution in [-0.2, 0) is 0 Å². The number of nitrogens with one attached hydrogen (secondary N) is 1. The number of carbonyl (C=O) groups excluding carboxylic acids is 1. The second-order valence-corrected chi connectivity index (χ2v) is 7.22. The Morgan fingerprint density at radius 3 is 2.92 bits per heavy atom. The molecule has 1 heterocycles. The van der Waals surface area contributed by atoms with Crippen LogP contribution in [0.1, 0.15) is 42.7 Å². The van der Waals surface area contributed by atoms with Crippen LogP contribution in [0.15, 0.2) is 28.7 Å². The quantitative estimate of drug-likeness (QED) is 0.904. The molecule has 128 valence electrons. The second kappa shape index (κ2) is 5.81. The van der Waals surface area contributed by atoms with Crippen molar-refractivity contribution in [2.45, 2.75) is 38.2 Å². The molecule has 1 atom stereocenters. The van der Waals surface area contributed by atoms with Gasteiger partial charge in [0.2, 0.25) is 0 Å². The summed E-state index contributed by atoms with van der Waals surface area (Å²) in [4.78, 5) is 12.3. The Morgan fingerprint density at radius 2 is 2.17 bits per heavy atom. The lowest BCUT2D eigenvalue weighted by atomic mass is 9.83. The zero-order chi connectivity index (χ0) is 16.7. The Labute approximate surface area is 141 Å². The van der Waals surface area contributed by atoms with E-state index in [4.69, 9.17) is 9.15 Å². The van der Waals surface area contributed by atoms with E-state index >= 15 is 0 Å². The smallest absolute Gasteiger partial charge is 0.287 e. The van der Waals surface area contributed by atoms with Crippen molar-refractivity contribution in [2.24, 2.45) is 11.3 Å². The van der Waals surface area contributed by atoms with Crippen LogP contribution < -0.4 is 10.1 Å². The fourth-order valence-electron chi connectivity index (χ4n) is 4.07. The summed E-state index contributed by atoms with van der Waals surface area (Å²) >= 11 is 0. The monoisotopic (exact) mass is 329 g/mol. The summed E-state index contributed by atoms with van der Waals surface area (Å²) in [5.74, 6) is 1.46. The molecule has 2 aliphatic carbocycles. The molecule has 1 aromatic carbocycles. The Kier molecular flexibility index (Phi) is 3.76. The highest BCUT2D eigenvalue weighted by molar-refractivity contribution is 5.96. The third kappa shape index (κ3) is 2.77. The minimum Gasteiger partial charge on any atom is -0.497 e. The number of rotatable bonds is 4. The van der Waals surface area contributed by atoms with Crippen LogP contribution >= 0.6 is 0 Å². The molecular weight excluding hydrogens is 306 g/mol. The number of furan rings is 1. The van der Waals surface area contributed by atoms with Gasteiger partial charge in [-0.05, 0) is 67.7 Å². The second-order valence-electron chi connectivity index (χ2n) is 7.22. The molecule has 2 aliphatic rings. The van der Waals surface area contributed by atoms with Crippen molar-refractivity contribution < 1.29 is 19.1 Å². The lowest BCUT2D eigenvalue weighted by molar-refractivity contribution is 0.0896. The third-order valence-corrected chi connectivity index (χ3v) is 5.77. The van der Waals surface area contributed by atoms with E-state index < -0.39 is 0 Å². The third-order valence-electron chi connectivity index (χ3n) is 5.77. The van der Waals surface area contributed by atoms with Gasteiger partial charge in [-0.25, -0.2) is 0 Å². The number of aliphatic hydroxyl groups excluding tert-OH is 1. The molecule has 0 bridgehead atoms. The predicted octanol–water partition coefficient (Wildman–Crippen LogP) is 3.11. The van der Waals surface area contributed by atoms with Gasteiger partial charge in [0.05, 0.1) is 13.2 Å². The maximum atomic E-state index is 12.3. The number of hydrogen-bond donors (Lipinski definition) is 2. The van der Waals surface area contributed by atoms with Crippen molar-refractivity contribution in [2.75, 3.05) is 13.7 Å². The number of carbonyl (C=O) groups is 1. The molecule has 2 fully saturated rings. The van der Waals surface area contributed by atoms with E-state index in [1.54, 1.807) is 13.2 Å². The minimum absolute atomic E-state index is 0.126. The Hall–Kier alpha value is -2.01. The number of benzene rings is 1. The normalized spacial score (nSPS) is 28.9. The van der Waals surface area contributed by atoms with E-state index in [-0.39, 0.29) is 12.0 Å². The molecule has 1 spiro atoms. The number of methoxy groups -OCH3 is 1. The number of hydrogen-bond acceptors (Lipinski definition) is 4. The molecule has 2 N–H and O–H groups in total. The Morgan fingerprint density at radius 1 is 1.38 bits per heavy atom. The molecule has 5 nitrogen and oxygen atoms in total. The van der Waals surface area contributed by atoms with Crippen LogP contribution in [0.2, 0.25) is 0 Å². The van der Waals surface area contributed by atoms with Crippen LogP contribution in [0.4, 0.5) is 0 Å². The summed E-state index contributed by atoms with van der Waals surface area (Å²) in [6.45, 7) is 0.690. The SMILES string of the molecule is COc1ccc2oc(C(=O)NCC3CC34CCC(O)CC4)cc2c1. The summed E-state index contributed by atoms with van der Waals surface area (Å²) in [7, 11) is 1.62. The van der Waals surface area contributed by atoms with Gasteiger partial charge >= 0.3 is 0 Å². The van der Waals surface area contributed by atoms with Gasteiger partial charge in [0.1, 0.15) is 11.3 Å². The predicted molar refractivity (Wildman–Crippen MR) is 90.1 cm³/mol. The molecule has 2 saturated carbocycles. The van der Waals surface area contributed by atoms with Crippen molar-refractivity contribution >= 4 is 16.9 Å². The van der Waals surface area contributed by atoms with Crippen molar-refractivity contribution in [1.82, 2.24) is 5.32 Å². The van der Waals surface area contributed by atoms with Crippen LogP contribution in [0, 0.1) is 11.3 Å². The molecule has 5 heteroatoms. The lowest BCUT2D eigenvalue weighted by Gasteiger charge is -2.26. The van der Waals surface area contributed by atoms with Crippen molar-refractivity contribution in [3.8, 4) is 5.75 Å². The first-order valence-corrected chi connectivity index (χ1v) is 8.63. The highest BCUT2D eigenvalue weighted by Crippen LogP contribution is 2.61. The maximum absolute atomic E-state index is 12.3. The highest BCUT2D eigenvalue weighted by Gasteiger charge is 2.54. The van der Waals surface area contributed by atoms with E-state index in [9.17, 15) is 9.90 Å². The van der Waals surface area contributed by atoms with E-state index in [1.165, 1.54) is 0 Å². The van der Waals surface area contributed by atoms with E-state index in [2.05, 4.69) is 5.32 Å². The largest absolute Gasteiger partial charge is 0.497 e. The van der Waals surface area contributed by atoms with Crippen LogP contribution in [0.3, 0.4) is 0 Å². The molecule has 1 aromatic heterocycles. The zero-order valence-corrected chi connectivity index (χ0v) is 13.9. The topological polar surface area (TPSA) is 71.7 Å². The Bertz CT molecular complexity index is 758. The number of aliphatic hydroxyl groups is 1. The number of ether oxygens (including phenoxy) is 1. The van der Waals surface area contributed by atoms with Crippen molar-refractivity contribution in [3.63, 3.8) is 0 Å². The fraction of sp³-hybridized carbons (Fsp3) is 0.526. The van der Waals surface area contributed by atoms with Gasteiger partial charge in [0.25, 0.3) is 5.91 Å². The van der Waals surface area contributed by atoms with E-state index in [1.807, 2.05) is 18.2 Å². The average Bonchev–Trinajstić information content (AvgIpc) is 3.09. The summed E-state index contributed by atoms with van der Waals surface area (Å²) in [5.41, 5.74) is 1.05. The molecule has 1 unspecified atom stereocenters. The van der Waals surface area contributed by atoms with Crippen molar-refractivity contribution in [1.29, 1.82) is 0 Å². The number of fused-ring (bicyclic) bond motifs is 1. The lowest BCUT2D eigenvalue weighted by Crippen LogP contribution is -2.28. The van der Waals surface area contributed by atoms with Gasteiger partial charge in [-0.3, -0.25) is 4.79 Å². The fourth-order valence-corrected chi connectivity index (χ4v) is 4.07. The first kappa shape index (κ1) is 15.5. The molecule has 2 aromatic rings. The van der Waals surface area contributed by atoms with E-state index in [0.29, 0.717) is 29.2 Å². The molecule has 24 heavy (non-hydrogen) atoms. The van der Waals surface area contributed by atoms with Crippen LogP contribution in [-0.4, -0.2) is 30.8 Å². The van der Waals surface area contributed by atoms with Gasteiger partial charge in [-0.2, -0.15) is 0 Å². The molecule has 0 radical (unpaired) electrons. The van der Waals surface area contributed by atoms with Crippen LogP contribution in [0.5, 0.6) is 5.75 Å². The van der Waals surface area contributed by atoms with E-state index in [0.717, 1.165) is 43.2 Å². The molecular formula is C19H23NO4. The van der Waals surface area contributed by atoms with Gasteiger partial charge in [0, 0.05) is 11.9 Å². The van der Waals surface area contributed by atoms with Gasteiger partial charge < -0.3 is 19.6 Å². The van der Waals surface area contributed by atoms with Crippen molar-refractivity contribution in [3.05, 3.63) is 30.0 Å². The first-order valence-electron chi connectivity index (χ1n) is 8.63. The van der Waals surface area contributed by atoms with Gasteiger partial charge in [0.15, 0.2) is 5.76 Å². The van der Waals surface area contributed by atoms with Gasteiger partial charge in [-0.1, -0.05) is 0 Å². The minimum atomic E-state index is -0.164. The molecule has 0 aliphatic heterocycles. The average molecular weight is 329 g/mol. The summed E-state index contributed by atoms with van der Waals surface area (Å²) in [6, 6.07) is 7.25. The molecule has 1 amide bonds. The van der Waals surface area contributed by atoms with Gasteiger partial charge in [-0.15, -0.1) is 0 Å². The van der Waals surface area contributed by atoms with Crippen LogP contribution in [0.25, 0.3) is 11.0 Å².